The lowest BCUT2D eigenvalue weighted by atomic mass is 9.87. The maximum Gasteiger partial charge on any atom is 0.147 e. The van der Waals surface area contributed by atoms with Crippen LogP contribution in [0.15, 0.2) is 176 Å². The quantitative estimate of drug-likeness (QED) is 0.135. The normalized spacial score (nSPS) is 12.2. The Hall–Kier alpha value is -7.10. The molecule has 12 aromatic rings. The van der Waals surface area contributed by atoms with E-state index in [1.807, 2.05) is 0 Å². The van der Waals surface area contributed by atoms with E-state index in [2.05, 4.69) is 180 Å². The minimum Gasteiger partial charge on any atom is -0.292 e. The maximum absolute atomic E-state index is 5.28. The Morgan fingerprint density at radius 3 is 1.79 bits per heavy atom. The lowest BCUT2D eigenvalue weighted by molar-refractivity contribution is 1.31. The molecular formula is C50H29N3. The van der Waals surface area contributed by atoms with E-state index in [4.69, 9.17) is 9.97 Å². The molecule has 12 rings (SSSR count). The summed E-state index contributed by atoms with van der Waals surface area (Å²) in [5.74, 6) is 0. The zero-order valence-electron chi connectivity index (χ0n) is 28.6. The number of fused-ring (bicyclic) bond motifs is 17. The molecular weight excluding hydrogens is 643 g/mol. The minimum atomic E-state index is 0.935. The molecule has 3 aromatic heterocycles. The number of benzene rings is 9. The van der Waals surface area contributed by atoms with Crippen LogP contribution < -0.4 is 0 Å². The van der Waals surface area contributed by atoms with Gasteiger partial charge in [0.25, 0.3) is 0 Å². The first kappa shape index (κ1) is 28.6. The number of aromatic nitrogens is 3. The van der Waals surface area contributed by atoms with Gasteiger partial charge in [-0.05, 0) is 114 Å². The fraction of sp³-hybridized carbons (Fsp3) is 0. The molecule has 3 nitrogen and oxygen atoms in total. The van der Waals surface area contributed by atoms with Gasteiger partial charge in [0.15, 0.2) is 0 Å². The third-order valence-corrected chi connectivity index (χ3v) is 11.3. The SMILES string of the molecule is c1cc(-c2ccc3c(c2)c2nc4ccccc4cc2c2nc4ccccc4n32)cc(-c2cc3c4ccccc4c4ccccc4c3c3ccccc23)c1. The highest BCUT2D eigenvalue weighted by Gasteiger charge is 2.18. The summed E-state index contributed by atoms with van der Waals surface area (Å²) >= 11 is 0. The van der Waals surface area contributed by atoms with E-state index < -0.39 is 0 Å². The van der Waals surface area contributed by atoms with E-state index in [0.717, 1.165) is 55.0 Å². The lowest BCUT2D eigenvalue weighted by Crippen LogP contribution is -1.94. The molecule has 0 saturated carbocycles. The number of nitrogens with zero attached hydrogens (tertiary/aromatic N) is 3. The molecule has 0 atom stereocenters. The molecule has 0 bridgehead atoms. The Morgan fingerprint density at radius 2 is 0.962 bits per heavy atom. The van der Waals surface area contributed by atoms with Crippen molar-refractivity contribution < 1.29 is 0 Å². The third kappa shape index (κ3) is 4.05. The second-order valence-corrected chi connectivity index (χ2v) is 14.1. The van der Waals surface area contributed by atoms with E-state index in [0.29, 0.717) is 0 Å². The molecule has 3 heterocycles. The van der Waals surface area contributed by atoms with Gasteiger partial charge in [-0.2, -0.15) is 0 Å². The average molecular weight is 672 g/mol. The van der Waals surface area contributed by atoms with Crippen LogP contribution in [-0.2, 0) is 0 Å². The molecule has 53 heavy (non-hydrogen) atoms. The summed E-state index contributed by atoms with van der Waals surface area (Å²) in [5, 5.41) is 13.6. The van der Waals surface area contributed by atoms with Crippen LogP contribution in [-0.4, -0.2) is 14.4 Å². The summed E-state index contributed by atoms with van der Waals surface area (Å²) in [6, 6.07) is 63.9. The first-order valence-electron chi connectivity index (χ1n) is 18.2. The first-order valence-corrected chi connectivity index (χ1v) is 18.2. The summed E-state index contributed by atoms with van der Waals surface area (Å²) in [7, 11) is 0. The molecule has 0 N–H and O–H groups in total. The molecule has 0 radical (unpaired) electrons. The van der Waals surface area contributed by atoms with Crippen molar-refractivity contribution in [2.75, 3.05) is 0 Å². The number of hydrogen-bond acceptors (Lipinski definition) is 2. The molecule has 244 valence electrons. The van der Waals surface area contributed by atoms with Gasteiger partial charge in [-0.1, -0.05) is 127 Å². The molecule has 0 saturated heterocycles. The number of imidazole rings is 1. The van der Waals surface area contributed by atoms with E-state index in [1.165, 1.54) is 59.8 Å². The van der Waals surface area contributed by atoms with Gasteiger partial charge in [-0.3, -0.25) is 4.40 Å². The van der Waals surface area contributed by atoms with Crippen LogP contribution in [0.2, 0.25) is 0 Å². The summed E-state index contributed by atoms with van der Waals surface area (Å²) in [4.78, 5) is 10.4. The van der Waals surface area contributed by atoms with Gasteiger partial charge in [-0.15, -0.1) is 0 Å². The zero-order chi connectivity index (χ0) is 34.6. The van der Waals surface area contributed by atoms with Crippen LogP contribution >= 0.6 is 0 Å². The van der Waals surface area contributed by atoms with E-state index in [-0.39, 0.29) is 0 Å². The predicted octanol–water partition coefficient (Wildman–Crippen LogP) is 13.3. The van der Waals surface area contributed by atoms with Crippen LogP contribution in [0.5, 0.6) is 0 Å². The van der Waals surface area contributed by atoms with Crippen LogP contribution in [0.1, 0.15) is 0 Å². The van der Waals surface area contributed by atoms with E-state index >= 15 is 0 Å². The van der Waals surface area contributed by atoms with Crippen LogP contribution in [0.3, 0.4) is 0 Å². The van der Waals surface area contributed by atoms with Crippen molar-refractivity contribution in [1.82, 2.24) is 14.4 Å². The molecule has 0 fully saturated rings. The standard InChI is InChI=1S/C50H29N3/c1-8-21-44-33(12-1)28-43-49(51-44)42-27-31(24-25-46(42)53-47-23-10-9-22-45(47)52-50(43)53)30-13-11-14-32(26-30)40-29-41-36-17-3-2-15-34(36)35-16-4-6-19-38(35)48(41)39-20-7-5-18-37(39)40/h1-29H. The summed E-state index contributed by atoms with van der Waals surface area (Å²) < 4.78 is 2.30. The Labute approximate surface area is 304 Å². The van der Waals surface area contributed by atoms with Crippen LogP contribution in [0.4, 0.5) is 0 Å². The van der Waals surface area contributed by atoms with Gasteiger partial charge < -0.3 is 0 Å². The largest absolute Gasteiger partial charge is 0.292 e. The molecule has 3 heteroatoms. The van der Waals surface area contributed by atoms with Crippen molar-refractivity contribution >= 4 is 92.5 Å². The molecule has 0 aliphatic rings. The van der Waals surface area contributed by atoms with Crippen molar-refractivity contribution in [3.8, 4) is 22.3 Å². The third-order valence-electron chi connectivity index (χ3n) is 11.3. The van der Waals surface area contributed by atoms with Gasteiger partial charge in [-0.25, -0.2) is 9.97 Å². The van der Waals surface area contributed by atoms with E-state index in [1.54, 1.807) is 0 Å². The van der Waals surface area contributed by atoms with Crippen molar-refractivity contribution in [3.05, 3.63) is 176 Å². The molecule has 0 amide bonds. The fourth-order valence-corrected chi connectivity index (χ4v) is 8.91. The zero-order valence-corrected chi connectivity index (χ0v) is 28.6. The number of pyridine rings is 2. The Bertz CT molecular complexity index is 3520. The van der Waals surface area contributed by atoms with Crippen molar-refractivity contribution in [3.63, 3.8) is 0 Å². The van der Waals surface area contributed by atoms with Gasteiger partial charge in [0.05, 0.1) is 27.6 Å². The highest BCUT2D eigenvalue weighted by atomic mass is 15.0. The Morgan fingerprint density at radius 1 is 0.340 bits per heavy atom. The van der Waals surface area contributed by atoms with Crippen LogP contribution in [0, 0.1) is 0 Å². The summed E-state index contributed by atoms with van der Waals surface area (Å²) in [6.45, 7) is 0. The number of rotatable bonds is 2. The Balaban J connectivity index is 1.12. The Kier molecular flexibility index (Phi) is 5.77. The summed E-state index contributed by atoms with van der Waals surface area (Å²) in [6.07, 6.45) is 0. The fourth-order valence-electron chi connectivity index (χ4n) is 8.91. The lowest BCUT2D eigenvalue weighted by Gasteiger charge is -2.16. The monoisotopic (exact) mass is 671 g/mol. The van der Waals surface area contributed by atoms with Crippen LogP contribution in [0.25, 0.3) is 115 Å². The molecule has 0 aliphatic heterocycles. The van der Waals surface area contributed by atoms with Crippen molar-refractivity contribution in [2.24, 2.45) is 0 Å². The molecule has 0 spiro atoms. The van der Waals surface area contributed by atoms with Crippen molar-refractivity contribution in [2.45, 2.75) is 0 Å². The predicted molar refractivity (Wildman–Crippen MR) is 224 cm³/mol. The van der Waals surface area contributed by atoms with Gasteiger partial charge in [0.2, 0.25) is 0 Å². The molecule has 0 aliphatic carbocycles. The number of para-hydroxylation sites is 3. The smallest absolute Gasteiger partial charge is 0.147 e. The first-order chi connectivity index (χ1) is 26.3. The van der Waals surface area contributed by atoms with Crippen molar-refractivity contribution in [1.29, 1.82) is 0 Å². The van der Waals surface area contributed by atoms with Gasteiger partial charge in [0.1, 0.15) is 5.65 Å². The average Bonchev–Trinajstić information content (AvgIpc) is 3.63. The second-order valence-electron chi connectivity index (χ2n) is 14.1. The molecule has 0 unspecified atom stereocenters. The van der Waals surface area contributed by atoms with Gasteiger partial charge >= 0.3 is 0 Å². The molecule has 9 aromatic carbocycles. The minimum absolute atomic E-state index is 0.935. The highest BCUT2D eigenvalue weighted by Crippen LogP contribution is 2.43. The maximum atomic E-state index is 5.28. The van der Waals surface area contributed by atoms with E-state index in [9.17, 15) is 0 Å². The topological polar surface area (TPSA) is 30.2 Å². The summed E-state index contributed by atoms with van der Waals surface area (Å²) in [5.41, 5.74) is 10.8. The highest BCUT2D eigenvalue weighted by molar-refractivity contribution is 6.33. The van der Waals surface area contributed by atoms with Gasteiger partial charge in [0, 0.05) is 16.2 Å². The second kappa shape index (κ2) is 10.7. The number of hydrogen-bond donors (Lipinski definition) is 0.